The third-order valence-electron chi connectivity index (χ3n) is 8.96. The molecule has 1 spiro atoms. The standard InChI is InChI=1S/C37H30N2O4/c1-3-22-43-27-18-16-25(17-19-27)33(40)31-32(34(41)26-14-12-23(2)13-15-26)39-21-20-24-8-4-5-9-28(24)35(39)37(31)29-10-6-7-11-30(29)38-36(37)42/h3-21,31-32,35H,1,22H2,2H3,(H,38,42)/t31-,32+,35-,37+/m0/s1. The summed E-state index contributed by atoms with van der Waals surface area (Å²) in [4.78, 5) is 46.0. The van der Waals surface area contributed by atoms with Crippen molar-refractivity contribution in [1.82, 2.24) is 4.90 Å². The summed E-state index contributed by atoms with van der Waals surface area (Å²) in [5, 5.41) is 3.09. The summed E-state index contributed by atoms with van der Waals surface area (Å²) < 4.78 is 5.65. The zero-order chi connectivity index (χ0) is 29.7. The van der Waals surface area contributed by atoms with E-state index in [1.54, 1.807) is 42.5 Å². The summed E-state index contributed by atoms with van der Waals surface area (Å²) in [6.07, 6.45) is 5.51. The Kier molecular flexibility index (Phi) is 6.35. The average Bonchev–Trinajstić information content (AvgIpc) is 3.52. The second-order valence-electron chi connectivity index (χ2n) is 11.3. The van der Waals surface area contributed by atoms with Crippen molar-refractivity contribution in [3.63, 3.8) is 0 Å². The van der Waals surface area contributed by atoms with Crippen molar-refractivity contribution in [3.8, 4) is 5.75 Å². The van der Waals surface area contributed by atoms with E-state index in [1.807, 2.05) is 84.8 Å². The van der Waals surface area contributed by atoms with Gasteiger partial charge in [-0.1, -0.05) is 84.9 Å². The van der Waals surface area contributed by atoms with Crippen LogP contribution in [0, 0.1) is 12.8 Å². The Balaban J connectivity index is 1.47. The maximum atomic E-state index is 14.9. The number of Topliss-reactive ketones (excluding diaryl/α,β-unsaturated/α-hetero) is 2. The summed E-state index contributed by atoms with van der Waals surface area (Å²) in [6, 6.07) is 28.2. The number of benzene rings is 4. The van der Waals surface area contributed by atoms with Gasteiger partial charge in [-0.05, 0) is 60.0 Å². The SMILES string of the molecule is C=CCOc1ccc(C(=O)[C@@H]2[C@H](C(=O)c3ccc(C)cc3)N3C=Cc4ccccc4[C@H]3[C@]23C(=O)Nc2ccccc23)cc1. The lowest BCUT2D eigenvalue weighted by Crippen LogP contribution is -2.49. The van der Waals surface area contributed by atoms with Crippen LogP contribution in [0.15, 0.2) is 116 Å². The largest absolute Gasteiger partial charge is 0.490 e. The van der Waals surface area contributed by atoms with E-state index >= 15 is 0 Å². The minimum atomic E-state index is -1.36. The summed E-state index contributed by atoms with van der Waals surface area (Å²) in [5.41, 5.74) is 3.82. The summed E-state index contributed by atoms with van der Waals surface area (Å²) >= 11 is 0. The van der Waals surface area contributed by atoms with Crippen LogP contribution in [0.25, 0.3) is 6.08 Å². The lowest BCUT2D eigenvalue weighted by atomic mass is 9.62. The fraction of sp³-hybridized carbons (Fsp3) is 0.162. The van der Waals surface area contributed by atoms with Gasteiger partial charge in [0.15, 0.2) is 11.6 Å². The topological polar surface area (TPSA) is 75.7 Å². The quantitative estimate of drug-likeness (QED) is 0.203. The first-order valence-electron chi connectivity index (χ1n) is 14.4. The second-order valence-corrected chi connectivity index (χ2v) is 11.3. The summed E-state index contributed by atoms with van der Waals surface area (Å²) in [6.45, 7) is 5.99. The third-order valence-corrected chi connectivity index (χ3v) is 8.96. The van der Waals surface area contributed by atoms with Crippen LogP contribution in [0.1, 0.15) is 49.0 Å². The molecule has 1 fully saturated rings. The van der Waals surface area contributed by atoms with Crippen molar-refractivity contribution in [2.45, 2.75) is 24.4 Å². The van der Waals surface area contributed by atoms with Gasteiger partial charge in [-0.3, -0.25) is 14.4 Å². The molecular formula is C37H30N2O4. The first kappa shape index (κ1) is 26.7. The predicted molar refractivity (Wildman–Crippen MR) is 166 cm³/mol. The number of ketones is 2. The van der Waals surface area contributed by atoms with Crippen molar-refractivity contribution in [1.29, 1.82) is 0 Å². The number of ether oxygens (including phenoxy) is 1. The number of carbonyl (C=O) groups is 3. The summed E-state index contributed by atoms with van der Waals surface area (Å²) in [7, 11) is 0. The molecule has 0 saturated carbocycles. The molecular weight excluding hydrogens is 536 g/mol. The minimum absolute atomic E-state index is 0.202. The Bertz CT molecular complexity index is 1810. The molecule has 3 aliphatic heterocycles. The molecule has 4 atom stereocenters. The molecule has 212 valence electrons. The molecule has 0 aromatic heterocycles. The van der Waals surface area contributed by atoms with Gasteiger partial charge in [0.2, 0.25) is 5.91 Å². The van der Waals surface area contributed by atoms with Crippen molar-refractivity contribution < 1.29 is 19.1 Å². The predicted octanol–water partition coefficient (Wildman–Crippen LogP) is 6.54. The number of nitrogens with one attached hydrogen (secondary N) is 1. The van der Waals surface area contributed by atoms with Crippen LogP contribution in [0.2, 0.25) is 0 Å². The number of amides is 1. The number of rotatable bonds is 7. The molecule has 1 amide bonds. The average molecular weight is 567 g/mol. The Hall–Kier alpha value is -5.23. The smallest absolute Gasteiger partial charge is 0.238 e. The molecule has 0 radical (unpaired) electrons. The Morgan fingerprint density at radius 3 is 2.35 bits per heavy atom. The molecule has 0 bridgehead atoms. The number of anilines is 1. The van der Waals surface area contributed by atoms with Crippen molar-refractivity contribution >= 4 is 29.2 Å². The van der Waals surface area contributed by atoms with Crippen LogP contribution >= 0.6 is 0 Å². The van der Waals surface area contributed by atoms with Crippen LogP contribution in [-0.4, -0.2) is 35.0 Å². The monoisotopic (exact) mass is 566 g/mol. The van der Waals surface area contributed by atoms with Crippen LogP contribution in [0.4, 0.5) is 5.69 Å². The van der Waals surface area contributed by atoms with E-state index in [-0.39, 0.29) is 17.5 Å². The van der Waals surface area contributed by atoms with E-state index in [1.165, 1.54) is 0 Å². The number of carbonyl (C=O) groups excluding carboxylic acids is 3. The first-order chi connectivity index (χ1) is 20.9. The first-order valence-corrected chi connectivity index (χ1v) is 14.4. The molecule has 4 aromatic carbocycles. The highest BCUT2D eigenvalue weighted by Crippen LogP contribution is 2.62. The van der Waals surface area contributed by atoms with Gasteiger partial charge >= 0.3 is 0 Å². The third kappa shape index (κ3) is 3.97. The van der Waals surface area contributed by atoms with Gasteiger partial charge in [0.05, 0.1) is 12.0 Å². The zero-order valence-electron chi connectivity index (χ0n) is 23.7. The molecule has 1 N–H and O–H groups in total. The van der Waals surface area contributed by atoms with Gasteiger partial charge in [0, 0.05) is 23.0 Å². The van der Waals surface area contributed by atoms with Crippen molar-refractivity contribution in [2.75, 3.05) is 11.9 Å². The minimum Gasteiger partial charge on any atom is -0.490 e. The van der Waals surface area contributed by atoms with Crippen LogP contribution in [0.5, 0.6) is 5.75 Å². The molecule has 4 aromatic rings. The fourth-order valence-corrected chi connectivity index (χ4v) is 7.11. The molecule has 3 heterocycles. The molecule has 6 nitrogen and oxygen atoms in total. The van der Waals surface area contributed by atoms with E-state index in [0.717, 1.165) is 22.3 Å². The molecule has 0 aliphatic carbocycles. The number of nitrogens with zero attached hydrogens (tertiary/aromatic N) is 1. The number of hydrogen-bond donors (Lipinski definition) is 1. The second kappa shape index (κ2) is 10.2. The van der Waals surface area contributed by atoms with Gasteiger partial charge in [-0.2, -0.15) is 0 Å². The number of fused-ring (bicyclic) bond motifs is 6. The number of hydrogen-bond acceptors (Lipinski definition) is 5. The lowest BCUT2D eigenvalue weighted by molar-refractivity contribution is -0.122. The molecule has 7 rings (SSSR count). The highest BCUT2D eigenvalue weighted by Gasteiger charge is 2.70. The maximum Gasteiger partial charge on any atom is 0.238 e. The highest BCUT2D eigenvalue weighted by atomic mass is 16.5. The highest BCUT2D eigenvalue weighted by molar-refractivity contribution is 6.16. The van der Waals surface area contributed by atoms with Crippen molar-refractivity contribution in [3.05, 3.63) is 149 Å². The molecule has 0 unspecified atom stereocenters. The molecule has 1 saturated heterocycles. The fourth-order valence-electron chi connectivity index (χ4n) is 7.11. The van der Waals surface area contributed by atoms with Gasteiger partial charge in [-0.15, -0.1) is 0 Å². The molecule has 3 aliphatic rings. The Labute approximate surface area is 250 Å². The van der Waals surface area contributed by atoms with Crippen molar-refractivity contribution in [2.24, 2.45) is 5.92 Å². The zero-order valence-corrected chi connectivity index (χ0v) is 23.7. The van der Waals surface area contributed by atoms with Crippen LogP contribution in [-0.2, 0) is 10.2 Å². The van der Waals surface area contributed by atoms with Gasteiger partial charge in [0.25, 0.3) is 0 Å². The van der Waals surface area contributed by atoms with E-state index in [0.29, 0.717) is 29.2 Å². The molecule has 43 heavy (non-hydrogen) atoms. The molecule has 6 heteroatoms. The van der Waals surface area contributed by atoms with Crippen LogP contribution in [0.3, 0.4) is 0 Å². The normalized spacial score (nSPS) is 22.9. The van der Waals surface area contributed by atoms with Gasteiger partial charge < -0.3 is 15.0 Å². The van der Waals surface area contributed by atoms with Crippen LogP contribution < -0.4 is 10.1 Å². The van der Waals surface area contributed by atoms with E-state index in [2.05, 4.69) is 11.9 Å². The maximum absolute atomic E-state index is 14.9. The van der Waals surface area contributed by atoms with E-state index in [9.17, 15) is 14.4 Å². The van der Waals surface area contributed by atoms with E-state index in [4.69, 9.17) is 4.74 Å². The van der Waals surface area contributed by atoms with Gasteiger partial charge in [-0.25, -0.2) is 0 Å². The van der Waals surface area contributed by atoms with Gasteiger partial charge in [0.1, 0.15) is 23.8 Å². The van der Waals surface area contributed by atoms with E-state index < -0.39 is 23.4 Å². The Morgan fingerprint density at radius 1 is 0.907 bits per heavy atom. The number of para-hydroxylation sites is 1. The number of aryl methyl sites for hydroxylation is 1. The lowest BCUT2D eigenvalue weighted by Gasteiger charge is -2.38. The summed E-state index contributed by atoms with van der Waals surface area (Å²) in [5.74, 6) is -1.17. The Morgan fingerprint density at radius 2 is 1.58 bits per heavy atom.